The molecule has 0 radical (unpaired) electrons. The number of ether oxygens (including phenoxy) is 1. The molecule has 0 spiro atoms. The number of rotatable bonds is 2. The predicted molar refractivity (Wildman–Crippen MR) is 45.7 cm³/mol. The zero-order valence-electron chi connectivity index (χ0n) is 7.49. The van der Waals surface area contributed by atoms with Crippen LogP contribution < -0.4 is 5.63 Å². The van der Waals surface area contributed by atoms with Crippen molar-refractivity contribution in [1.29, 1.82) is 0 Å². The summed E-state index contributed by atoms with van der Waals surface area (Å²) < 4.78 is 9.22. The van der Waals surface area contributed by atoms with E-state index in [0.29, 0.717) is 12.2 Å². The van der Waals surface area contributed by atoms with Crippen molar-refractivity contribution in [1.82, 2.24) is 0 Å². The highest BCUT2D eigenvalue weighted by Crippen LogP contribution is 2.00. The number of hydrogen-bond acceptors (Lipinski definition) is 4. The minimum atomic E-state index is -0.670. The molecule has 1 rings (SSSR count). The van der Waals surface area contributed by atoms with Crippen molar-refractivity contribution < 1.29 is 13.9 Å². The third-order valence-corrected chi connectivity index (χ3v) is 1.63. The Kier molecular flexibility index (Phi) is 2.84. The Balaban J connectivity index is 3.13. The molecule has 0 saturated heterocycles. The van der Waals surface area contributed by atoms with Crippen molar-refractivity contribution >= 4 is 5.97 Å². The average molecular weight is 182 g/mol. The van der Waals surface area contributed by atoms with Crippen LogP contribution in [0.5, 0.6) is 0 Å². The van der Waals surface area contributed by atoms with Gasteiger partial charge in [-0.05, 0) is 12.1 Å². The summed E-state index contributed by atoms with van der Waals surface area (Å²) in [5.74, 6) is -0.117. The van der Waals surface area contributed by atoms with Gasteiger partial charge in [-0.1, -0.05) is 6.92 Å². The lowest BCUT2D eigenvalue weighted by Crippen LogP contribution is -2.15. The molecule has 0 aromatic carbocycles. The molecule has 0 unspecified atom stereocenters. The van der Waals surface area contributed by atoms with Crippen LogP contribution in [0.3, 0.4) is 0 Å². The predicted octanol–water partition coefficient (Wildman–Crippen LogP) is 0.989. The summed E-state index contributed by atoms with van der Waals surface area (Å²) in [6.07, 6.45) is 0.622. The van der Waals surface area contributed by atoms with E-state index in [0.717, 1.165) is 0 Å². The maximum absolute atomic E-state index is 11.1. The van der Waals surface area contributed by atoms with Crippen LogP contribution in [0.2, 0.25) is 0 Å². The van der Waals surface area contributed by atoms with Crippen LogP contribution >= 0.6 is 0 Å². The fourth-order valence-corrected chi connectivity index (χ4v) is 0.904. The molecule has 0 aliphatic carbocycles. The molecule has 1 aromatic rings. The standard InChI is InChI=1S/C9H10O4/c1-3-6-4-5-7(8(10)12-2)9(11)13-6/h4-5H,3H2,1-2H3. The Bertz CT molecular complexity index is 364. The molecule has 70 valence electrons. The number of carbonyl (C=O) groups is 1. The highest BCUT2D eigenvalue weighted by Gasteiger charge is 2.11. The van der Waals surface area contributed by atoms with Gasteiger partial charge in [0.25, 0.3) is 0 Å². The zero-order valence-corrected chi connectivity index (χ0v) is 7.49. The zero-order chi connectivity index (χ0) is 9.84. The Morgan fingerprint density at radius 3 is 2.69 bits per heavy atom. The number of carbonyl (C=O) groups excluding carboxylic acids is 1. The first-order valence-corrected chi connectivity index (χ1v) is 3.90. The lowest BCUT2D eigenvalue weighted by molar-refractivity contribution is 0.0595. The summed E-state index contributed by atoms with van der Waals surface area (Å²) in [5, 5.41) is 0. The second kappa shape index (κ2) is 3.89. The Morgan fingerprint density at radius 2 is 2.23 bits per heavy atom. The van der Waals surface area contributed by atoms with Gasteiger partial charge < -0.3 is 9.15 Å². The third kappa shape index (κ3) is 1.96. The van der Waals surface area contributed by atoms with Gasteiger partial charge in [-0.2, -0.15) is 0 Å². The van der Waals surface area contributed by atoms with Crippen LogP contribution in [0.25, 0.3) is 0 Å². The van der Waals surface area contributed by atoms with E-state index in [4.69, 9.17) is 4.42 Å². The Morgan fingerprint density at radius 1 is 1.54 bits per heavy atom. The van der Waals surface area contributed by atoms with Crippen LogP contribution in [0.15, 0.2) is 21.3 Å². The average Bonchev–Trinajstić information content (AvgIpc) is 2.16. The van der Waals surface area contributed by atoms with E-state index in [2.05, 4.69) is 4.74 Å². The Labute approximate surface area is 75.1 Å². The van der Waals surface area contributed by atoms with Crippen LogP contribution in [0.1, 0.15) is 23.0 Å². The van der Waals surface area contributed by atoms with Crippen molar-refractivity contribution in [3.05, 3.63) is 33.9 Å². The molecular formula is C9H10O4. The summed E-state index contributed by atoms with van der Waals surface area (Å²) in [7, 11) is 1.22. The topological polar surface area (TPSA) is 56.5 Å². The van der Waals surface area contributed by atoms with Crippen molar-refractivity contribution in [2.75, 3.05) is 7.11 Å². The van der Waals surface area contributed by atoms with Gasteiger partial charge in [-0.25, -0.2) is 9.59 Å². The number of hydrogen-bond donors (Lipinski definition) is 0. The highest BCUT2D eigenvalue weighted by atomic mass is 16.5. The smallest absolute Gasteiger partial charge is 0.350 e. The Hall–Kier alpha value is -1.58. The van der Waals surface area contributed by atoms with Crippen LogP contribution in [0.4, 0.5) is 0 Å². The van der Waals surface area contributed by atoms with Gasteiger partial charge in [0.2, 0.25) is 0 Å². The molecule has 4 nitrogen and oxygen atoms in total. The first-order valence-electron chi connectivity index (χ1n) is 3.90. The SMILES string of the molecule is CCc1ccc(C(=O)OC)c(=O)o1. The number of methoxy groups -OCH3 is 1. The lowest BCUT2D eigenvalue weighted by atomic mass is 10.2. The van der Waals surface area contributed by atoms with E-state index in [9.17, 15) is 9.59 Å². The number of aryl methyl sites for hydroxylation is 1. The molecule has 0 atom stereocenters. The fourth-order valence-electron chi connectivity index (χ4n) is 0.904. The van der Waals surface area contributed by atoms with E-state index in [1.54, 1.807) is 6.07 Å². The van der Waals surface area contributed by atoms with Gasteiger partial charge >= 0.3 is 11.6 Å². The van der Waals surface area contributed by atoms with Crippen molar-refractivity contribution in [2.24, 2.45) is 0 Å². The normalized spacial score (nSPS) is 9.69. The van der Waals surface area contributed by atoms with Crippen molar-refractivity contribution in [3.8, 4) is 0 Å². The number of esters is 1. The van der Waals surface area contributed by atoms with Crippen molar-refractivity contribution in [3.63, 3.8) is 0 Å². The van der Waals surface area contributed by atoms with Gasteiger partial charge in [-0.15, -0.1) is 0 Å². The minimum absolute atomic E-state index is 0.0697. The second-order valence-corrected chi connectivity index (χ2v) is 2.45. The third-order valence-electron chi connectivity index (χ3n) is 1.63. The van der Waals surface area contributed by atoms with Crippen molar-refractivity contribution in [2.45, 2.75) is 13.3 Å². The fraction of sp³-hybridized carbons (Fsp3) is 0.333. The van der Waals surface area contributed by atoms with E-state index in [-0.39, 0.29) is 5.56 Å². The quantitative estimate of drug-likeness (QED) is 0.640. The molecule has 4 heteroatoms. The maximum atomic E-state index is 11.1. The van der Waals surface area contributed by atoms with Crippen LogP contribution in [0, 0.1) is 0 Å². The van der Waals surface area contributed by atoms with E-state index < -0.39 is 11.6 Å². The molecule has 0 saturated carbocycles. The van der Waals surface area contributed by atoms with Gasteiger partial charge in [0.15, 0.2) is 0 Å². The van der Waals surface area contributed by atoms with E-state index in [1.807, 2.05) is 6.92 Å². The van der Waals surface area contributed by atoms with Crippen LogP contribution in [-0.2, 0) is 11.2 Å². The monoisotopic (exact) mass is 182 g/mol. The van der Waals surface area contributed by atoms with Gasteiger partial charge in [0, 0.05) is 6.42 Å². The van der Waals surface area contributed by atoms with Crippen LogP contribution in [-0.4, -0.2) is 13.1 Å². The van der Waals surface area contributed by atoms with E-state index in [1.165, 1.54) is 13.2 Å². The molecule has 0 aliphatic heterocycles. The summed E-state index contributed by atoms with van der Waals surface area (Å²) in [4.78, 5) is 22.1. The van der Waals surface area contributed by atoms with E-state index >= 15 is 0 Å². The maximum Gasteiger partial charge on any atom is 0.350 e. The molecule has 0 N–H and O–H groups in total. The van der Waals surface area contributed by atoms with Gasteiger partial charge in [0.1, 0.15) is 11.3 Å². The summed E-state index contributed by atoms with van der Waals surface area (Å²) in [6.45, 7) is 1.86. The molecule has 0 aliphatic rings. The molecule has 0 fully saturated rings. The first kappa shape index (κ1) is 9.51. The molecule has 13 heavy (non-hydrogen) atoms. The molecule has 0 bridgehead atoms. The molecular weight excluding hydrogens is 172 g/mol. The summed E-state index contributed by atoms with van der Waals surface area (Å²) in [6, 6.07) is 3.00. The molecule has 0 amide bonds. The summed E-state index contributed by atoms with van der Waals surface area (Å²) in [5.41, 5.74) is -0.717. The molecule has 1 heterocycles. The first-order chi connectivity index (χ1) is 6.19. The largest absolute Gasteiger partial charge is 0.465 e. The highest BCUT2D eigenvalue weighted by molar-refractivity contribution is 5.88. The van der Waals surface area contributed by atoms with Gasteiger partial charge in [0.05, 0.1) is 7.11 Å². The minimum Gasteiger partial charge on any atom is -0.465 e. The summed E-state index contributed by atoms with van der Waals surface area (Å²) >= 11 is 0. The van der Waals surface area contributed by atoms with Gasteiger partial charge in [-0.3, -0.25) is 0 Å². The second-order valence-electron chi connectivity index (χ2n) is 2.45. The molecule has 1 aromatic heterocycles. The lowest BCUT2D eigenvalue weighted by Gasteiger charge is -1.98.